The third-order valence-electron chi connectivity index (χ3n) is 5.48. The highest BCUT2D eigenvalue weighted by molar-refractivity contribution is 5.96. The minimum Gasteiger partial charge on any atom is -0.378 e. The molecule has 1 heterocycles. The van der Waals surface area contributed by atoms with E-state index in [9.17, 15) is 14.9 Å². The Labute approximate surface area is 175 Å². The first kappa shape index (κ1) is 19.6. The molecule has 0 bridgehead atoms. The van der Waals surface area contributed by atoms with Crippen molar-refractivity contribution >= 4 is 23.0 Å². The van der Waals surface area contributed by atoms with Gasteiger partial charge in [-0.15, -0.1) is 0 Å². The number of nitro groups is 1. The summed E-state index contributed by atoms with van der Waals surface area (Å²) in [5.41, 5.74) is 3.85. The number of nitrogens with one attached hydrogen (secondary N) is 1. The highest BCUT2D eigenvalue weighted by Crippen LogP contribution is 2.39. The fourth-order valence-corrected chi connectivity index (χ4v) is 4.06. The summed E-state index contributed by atoms with van der Waals surface area (Å²) < 4.78 is 0. The zero-order valence-electron chi connectivity index (χ0n) is 16.7. The maximum absolute atomic E-state index is 13.2. The molecular formula is C24H23N3O3. The minimum absolute atomic E-state index is 0.0121. The Morgan fingerprint density at radius 2 is 1.70 bits per heavy atom. The quantitative estimate of drug-likeness (QED) is 0.476. The molecule has 0 aromatic heterocycles. The van der Waals surface area contributed by atoms with Crippen molar-refractivity contribution in [3.8, 4) is 0 Å². The number of non-ortho nitro benzene ring substituents is 1. The zero-order chi connectivity index (χ0) is 21.1. The van der Waals surface area contributed by atoms with Gasteiger partial charge < -0.3 is 10.2 Å². The fraction of sp³-hybridized carbons (Fsp3) is 0.208. The summed E-state index contributed by atoms with van der Waals surface area (Å²) in [4.78, 5) is 25.5. The summed E-state index contributed by atoms with van der Waals surface area (Å²) in [6, 6.07) is 24.4. The maximum Gasteiger partial charge on any atom is 0.269 e. The fourth-order valence-electron chi connectivity index (χ4n) is 4.06. The molecule has 0 saturated heterocycles. The molecule has 30 heavy (non-hydrogen) atoms. The average Bonchev–Trinajstić information content (AvgIpc) is 2.75. The number of anilines is 2. The molecule has 0 aliphatic carbocycles. The number of rotatable bonds is 5. The van der Waals surface area contributed by atoms with E-state index in [1.54, 1.807) is 12.1 Å². The van der Waals surface area contributed by atoms with Crippen LogP contribution in [0.25, 0.3) is 0 Å². The standard InChI is InChI=1S/C24H23N3O3/c1-17-15-22(25-19-7-3-2-4-8-19)21-9-5-6-10-23(21)26(17)24(28)16-18-11-13-20(14-12-18)27(29)30/h2-14,17,22,25H,15-16H2,1H3. The lowest BCUT2D eigenvalue weighted by Gasteiger charge is -2.40. The predicted octanol–water partition coefficient (Wildman–Crippen LogP) is 5.12. The number of amides is 1. The van der Waals surface area contributed by atoms with Gasteiger partial charge in [0.15, 0.2) is 0 Å². The first-order valence-corrected chi connectivity index (χ1v) is 9.99. The van der Waals surface area contributed by atoms with Crippen molar-refractivity contribution in [3.05, 3.63) is 100 Å². The number of carbonyl (C=O) groups is 1. The molecule has 4 rings (SSSR count). The summed E-state index contributed by atoms with van der Waals surface area (Å²) in [6.45, 7) is 2.06. The van der Waals surface area contributed by atoms with Crippen LogP contribution in [0.2, 0.25) is 0 Å². The van der Waals surface area contributed by atoms with Gasteiger partial charge in [0.2, 0.25) is 5.91 Å². The molecule has 0 radical (unpaired) electrons. The van der Waals surface area contributed by atoms with Crippen molar-refractivity contribution in [2.45, 2.75) is 31.8 Å². The second kappa shape index (κ2) is 8.37. The van der Waals surface area contributed by atoms with Gasteiger partial charge in [-0.3, -0.25) is 14.9 Å². The first-order valence-electron chi connectivity index (χ1n) is 9.99. The number of fused-ring (bicyclic) bond motifs is 1. The largest absolute Gasteiger partial charge is 0.378 e. The van der Waals surface area contributed by atoms with Crippen LogP contribution in [0.5, 0.6) is 0 Å². The topological polar surface area (TPSA) is 75.5 Å². The number of carbonyl (C=O) groups excluding carboxylic acids is 1. The van der Waals surface area contributed by atoms with Crippen molar-refractivity contribution in [2.75, 3.05) is 10.2 Å². The van der Waals surface area contributed by atoms with Gasteiger partial charge in [0.05, 0.1) is 17.4 Å². The Hall–Kier alpha value is -3.67. The molecule has 2 atom stereocenters. The van der Waals surface area contributed by atoms with E-state index in [0.29, 0.717) is 0 Å². The Balaban J connectivity index is 1.57. The van der Waals surface area contributed by atoms with Crippen molar-refractivity contribution < 1.29 is 9.72 Å². The molecule has 2 unspecified atom stereocenters. The van der Waals surface area contributed by atoms with Crippen LogP contribution in [-0.4, -0.2) is 16.9 Å². The van der Waals surface area contributed by atoms with Crippen LogP contribution in [0.4, 0.5) is 17.1 Å². The van der Waals surface area contributed by atoms with E-state index in [1.807, 2.05) is 53.4 Å². The van der Waals surface area contributed by atoms with Gasteiger partial charge in [-0.05, 0) is 42.7 Å². The molecule has 6 heteroatoms. The smallest absolute Gasteiger partial charge is 0.269 e. The van der Waals surface area contributed by atoms with E-state index in [1.165, 1.54) is 12.1 Å². The second-order valence-corrected chi connectivity index (χ2v) is 7.57. The third-order valence-corrected chi connectivity index (χ3v) is 5.48. The van der Waals surface area contributed by atoms with Crippen molar-refractivity contribution in [1.29, 1.82) is 0 Å². The van der Waals surface area contributed by atoms with E-state index in [-0.39, 0.29) is 30.1 Å². The van der Waals surface area contributed by atoms with Crippen LogP contribution in [0, 0.1) is 10.1 Å². The Kier molecular flexibility index (Phi) is 5.48. The molecule has 1 aliphatic heterocycles. The number of para-hydroxylation sites is 2. The minimum atomic E-state index is -0.436. The molecule has 1 amide bonds. The van der Waals surface area contributed by atoms with Crippen LogP contribution < -0.4 is 10.2 Å². The number of benzene rings is 3. The Morgan fingerprint density at radius 1 is 1.03 bits per heavy atom. The van der Waals surface area contributed by atoms with Gasteiger partial charge in [-0.2, -0.15) is 0 Å². The number of hydrogen-bond acceptors (Lipinski definition) is 4. The number of nitrogens with zero attached hydrogens (tertiary/aromatic N) is 2. The van der Waals surface area contributed by atoms with Gasteiger partial charge >= 0.3 is 0 Å². The lowest BCUT2D eigenvalue weighted by atomic mass is 9.91. The Bertz CT molecular complexity index is 1050. The highest BCUT2D eigenvalue weighted by atomic mass is 16.6. The summed E-state index contributed by atoms with van der Waals surface area (Å²) in [5.74, 6) is -0.0121. The second-order valence-electron chi connectivity index (χ2n) is 7.57. The van der Waals surface area contributed by atoms with Crippen LogP contribution in [0.3, 0.4) is 0 Å². The summed E-state index contributed by atoms with van der Waals surface area (Å²) in [7, 11) is 0. The molecule has 0 fully saturated rings. The average molecular weight is 401 g/mol. The molecule has 3 aromatic rings. The summed E-state index contributed by atoms with van der Waals surface area (Å²) in [6.07, 6.45) is 0.991. The first-order chi connectivity index (χ1) is 14.5. The molecule has 3 aromatic carbocycles. The molecule has 0 saturated carbocycles. The van der Waals surface area contributed by atoms with Crippen LogP contribution in [-0.2, 0) is 11.2 Å². The lowest BCUT2D eigenvalue weighted by Crippen LogP contribution is -2.45. The van der Waals surface area contributed by atoms with Gasteiger partial charge in [0.25, 0.3) is 5.69 Å². The van der Waals surface area contributed by atoms with Gasteiger partial charge in [0, 0.05) is 29.5 Å². The summed E-state index contributed by atoms with van der Waals surface area (Å²) in [5, 5.41) is 14.4. The van der Waals surface area contributed by atoms with E-state index in [0.717, 1.165) is 28.9 Å². The van der Waals surface area contributed by atoms with E-state index in [4.69, 9.17) is 0 Å². The SMILES string of the molecule is CC1CC(Nc2ccccc2)c2ccccc2N1C(=O)Cc1ccc([N+](=O)[O-])cc1. The van der Waals surface area contributed by atoms with Crippen LogP contribution >= 0.6 is 0 Å². The lowest BCUT2D eigenvalue weighted by molar-refractivity contribution is -0.384. The van der Waals surface area contributed by atoms with Crippen molar-refractivity contribution in [1.82, 2.24) is 0 Å². The molecular weight excluding hydrogens is 378 g/mol. The van der Waals surface area contributed by atoms with E-state index in [2.05, 4.69) is 18.3 Å². The monoisotopic (exact) mass is 401 g/mol. The molecule has 1 aliphatic rings. The van der Waals surface area contributed by atoms with E-state index >= 15 is 0 Å². The van der Waals surface area contributed by atoms with Gasteiger partial charge in [0.1, 0.15) is 0 Å². The van der Waals surface area contributed by atoms with Crippen molar-refractivity contribution in [2.24, 2.45) is 0 Å². The van der Waals surface area contributed by atoms with Gasteiger partial charge in [-0.25, -0.2) is 0 Å². The molecule has 1 N–H and O–H groups in total. The molecule has 6 nitrogen and oxygen atoms in total. The Morgan fingerprint density at radius 3 is 2.40 bits per heavy atom. The summed E-state index contributed by atoms with van der Waals surface area (Å²) >= 11 is 0. The zero-order valence-corrected chi connectivity index (χ0v) is 16.7. The maximum atomic E-state index is 13.2. The van der Waals surface area contributed by atoms with Gasteiger partial charge in [-0.1, -0.05) is 48.5 Å². The van der Waals surface area contributed by atoms with Crippen molar-refractivity contribution in [3.63, 3.8) is 0 Å². The predicted molar refractivity (Wildman–Crippen MR) is 118 cm³/mol. The van der Waals surface area contributed by atoms with Crippen LogP contribution in [0.15, 0.2) is 78.9 Å². The molecule has 152 valence electrons. The third kappa shape index (κ3) is 4.03. The van der Waals surface area contributed by atoms with E-state index < -0.39 is 4.92 Å². The van der Waals surface area contributed by atoms with Crippen LogP contribution in [0.1, 0.15) is 30.5 Å². The molecule has 0 spiro atoms. The highest BCUT2D eigenvalue weighted by Gasteiger charge is 2.33. The normalized spacial score (nSPS) is 17.8. The number of nitro benzene ring substituents is 1. The number of hydrogen-bond donors (Lipinski definition) is 1.